The number of nitrogens with one attached hydrogen (secondary N) is 1. The van der Waals surface area contributed by atoms with Gasteiger partial charge in [0.1, 0.15) is 6.10 Å². The molecule has 0 saturated heterocycles. The third kappa shape index (κ3) is 5.39. The van der Waals surface area contributed by atoms with Crippen LogP contribution >= 0.6 is 27.3 Å². The van der Waals surface area contributed by atoms with E-state index in [-0.39, 0.29) is 46.6 Å². The number of esters is 1. The number of carbonyl (C=O) groups is 3. The lowest BCUT2D eigenvalue weighted by molar-refractivity contribution is -0.166. The number of hydrogen-bond acceptors (Lipinski definition) is 5. The molecule has 4 aliphatic rings. The Labute approximate surface area is 252 Å². The number of halogens is 1. The van der Waals surface area contributed by atoms with E-state index in [4.69, 9.17) is 4.74 Å². The van der Waals surface area contributed by atoms with Gasteiger partial charge in [0.15, 0.2) is 5.78 Å². The second-order valence-corrected chi connectivity index (χ2v) is 16.5. The predicted molar refractivity (Wildman–Crippen MR) is 163 cm³/mol. The lowest BCUT2D eigenvalue weighted by Gasteiger charge is -2.60. The molecule has 220 valence electrons. The summed E-state index contributed by atoms with van der Waals surface area (Å²) in [7, 11) is 0. The third-order valence-corrected chi connectivity index (χ3v) is 13.1. The van der Waals surface area contributed by atoms with Crippen LogP contribution in [-0.4, -0.2) is 23.8 Å². The highest BCUT2D eigenvalue weighted by molar-refractivity contribution is 9.11. The maximum Gasteiger partial charge on any atom is 0.302 e. The molecule has 1 aromatic heterocycles. The van der Waals surface area contributed by atoms with Crippen LogP contribution in [-0.2, 0) is 19.1 Å². The zero-order valence-electron chi connectivity index (χ0n) is 24.9. The summed E-state index contributed by atoms with van der Waals surface area (Å²) in [5, 5.41) is 3.36. The van der Waals surface area contributed by atoms with Crippen LogP contribution in [0, 0.1) is 46.3 Å². The van der Waals surface area contributed by atoms with Crippen molar-refractivity contribution in [3.05, 3.63) is 32.4 Å². The molecule has 0 radical (unpaired) electrons. The highest BCUT2D eigenvalue weighted by atomic mass is 79.9. The van der Waals surface area contributed by atoms with Gasteiger partial charge in [0.05, 0.1) is 9.83 Å². The van der Waals surface area contributed by atoms with E-state index in [0.29, 0.717) is 48.9 Å². The topological polar surface area (TPSA) is 72.5 Å². The average Bonchev–Trinajstić information content (AvgIpc) is 3.45. The van der Waals surface area contributed by atoms with Gasteiger partial charge < -0.3 is 10.1 Å². The van der Waals surface area contributed by atoms with Gasteiger partial charge in [-0.15, -0.1) is 11.3 Å². The second-order valence-electron chi connectivity index (χ2n) is 14.0. The first-order valence-electron chi connectivity index (χ1n) is 15.3. The smallest absolute Gasteiger partial charge is 0.302 e. The Hall–Kier alpha value is -1.47. The highest BCUT2D eigenvalue weighted by Crippen LogP contribution is 2.68. The van der Waals surface area contributed by atoms with Gasteiger partial charge in [0.2, 0.25) is 5.91 Å². The van der Waals surface area contributed by atoms with Crippen molar-refractivity contribution < 1.29 is 19.1 Å². The van der Waals surface area contributed by atoms with Crippen LogP contribution in [0.5, 0.6) is 0 Å². The van der Waals surface area contributed by atoms with Gasteiger partial charge in [-0.3, -0.25) is 14.4 Å². The first-order valence-corrected chi connectivity index (χ1v) is 16.9. The Morgan fingerprint density at radius 1 is 1.12 bits per heavy atom. The first-order chi connectivity index (χ1) is 18.8. The van der Waals surface area contributed by atoms with Crippen LogP contribution in [0.3, 0.4) is 0 Å². The third-order valence-electron chi connectivity index (χ3n) is 11.4. The minimum Gasteiger partial charge on any atom is -0.462 e. The zero-order valence-corrected chi connectivity index (χ0v) is 27.3. The molecular formula is C33H46BrNO4S. The second kappa shape index (κ2) is 11.3. The van der Waals surface area contributed by atoms with Crippen LogP contribution in [0.4, 0.5) is 0 Å². The monoisotopic (exact) mass is 631 g/mol. The summed E-state index contributed by atoms with van der Waals surface area (Å²) >= 11 is 5.26. The van der Waals surface area contributed by atoms with Gasteiger partial charge in [0, 0.05) is 37.0 Å². The van der Waals surface area contributed by atoms with E-state index >= 15 is 0 Å². The maximum absolute atomic E-state index is 13.4. The van der Waals surface area contributed by atoms with Crippen LogP contribution in [0.25, 0.3) is 0 Å². The fourth-order valence-electron chi connectivity index (χ4n) is 9.54. The summed E-state index contributed by atoms with van der Waals surface area (Å²) in [5.41, 5.74) is 1.34. The summed E-state index contributed by atoms with van der Waals surface area (Å²) in [4.78, 5) is 39.2. The van der Waals surface area contributed by atoms with Gasteiger partial charge in [0.25, 0.3) is 0 Å². The lowest BCUT2D eigenvalue weighted by atomic mass is 9.45. The number of rotatable bonds is 7. The average molecular weight is 633 g/mol. The van der Waals surface area contributed by atoms with Crippen molar-refractivity contribution in [3.8, 4) is 0 Å². The molecule has 0 spiro atoms. The number of hydrogen-bond donors (Lipinski definition) is 1. The van der Waals surface area contributed by atoms with E-state index in [2.05, 4.69) is 68.0 Å². The van der Waals surface area contributed by atoms with Crippen LogP contribution < -0.4 is 5.32 Å². The van der Waals surface area contributed by atoms with E-state index in [1.807, 2.05) is 6.08 Å². The van der Waals surface area contributed by atoms with Gasteiger partial charge in [-0.05, 0) is 107 Å². The summed E-state index contributed by atoms with van der Waals surface area (Å²) in [6.45, 7) is 12.9. The van der Waals surface area contributed by atoms with Crippen molar-refractivity contribution in [3.63, 3.8) is 0 Å². The number of ether oxygens (including phenoxy) is 1. The molecule has 2 unspecified atom stereocenters. The van der Waals surface area contributed by atoms with Crippen molar-refractivity contribution in [1.29, 1.82) is 0 Å². The van der Waals surface area contributed by atoms with Gasteiger partial charge in [-0.1, -0.05) is 40.2 Å². The number of ketones is 1. The van der Waals surface area contributed by atoms with Crippen molar-refractivity contribution in [2.45, 2.75) is 105 Å². The van der Waals surface area contributed by atoms with Gasteiger partial charge in [-0.2, -0.15) is 0 Å². The molecule has 40 heavy (non-hydrogen) atoms. The predicted octanol–water partition coefficient (Wildman–Crippen LogP) is 8.04. The van der Waals surface area contributed by atoms with Crippen molar-refractivity contribution >= 4 is 44.9 Å². The molecule has 3 saturated carbocycles. The Morgan fingerprint density at radius 3 is 2.52 bits per heavy atom. The lowest BCUT2D eigenvalue weighted by Crippen LogP contribution is -2.56. The summed E-state index contributed by atoms with van der Waals surface area (Å²) in [5.74, 6) is 2.40. The zero-order chi connectivity index (χ0) is 29.0. The van der Waals surface area contributed by atoms with Crippen LogP contribution in [0.2, 0.25) is 0 Å². The molecule has 1 amide bonds. The van der Waals surface area contributed by atoms with Gasteiger partial charge >= 0.3 is 5.97 Å². The standard InChI is InChI=1S/C33H46BrNO4S/c1-18(2)31(27-9-10-28(34)40-27)35-29(38)15-19(3)23-7-8-24-30-25(12-14-33(23,24)6)32(5)13-11-22(37)16-21(32)17-26(30)39-20(4)36/h9-10,16,18-19,23-26,30-31H,7-8,11-15,17H2,1-6H3,(H,35,38)/t19-,23?,24+,25+,26-,30+,31?,32+,33-/m1/s1. The fourth-order valence-corrected chi connectivity index (χ4v) is 11.2. The molecule has 5 rings (SSSR count). The Balaban J connectivity index is 1.34. The molecule has 1 N–H and O–H groups in total. The van der Waals surface area contributed by atoms with E-state index in [0.717, 1.165) is 35.9 Å². The first kappa shape index (κ1) is 30.0. The minimum atomic E-state index is -0.223. The summed E-state index contributed by atoms with van der Waals surface area (Å²) in [6.07, 6.45) is 8.95. The Bertz CT molecular complexity index is 1190. The molecule has 7 heteroatoms. The quantitative estimate of drug-likeness (QED) is 0.309. The molecule has 3 fully saturated rings. The number of carbonyl (C=O) groups excluding carboxylic acids is 3. The molecule has 5 nitrogen and oxygen atoms in total. The number of fused-ring (bicyclic) bond motifs is 5. The van der Waals surface area contributed by atoms with Crippen molar-refractivity contribution in [2.24, 2.45) is 46.3 Å². The minimum absolute atomic E-state index is 0.0167. The van der Waals surface area contributed by atoms with E-state index in [9.17, 15) is 14.4 Å². The molecule has 0 aliphatic heterocycles. The normalized spacial score (nSPS) is 36.6. The van der Waals surface area contributed by atoms with Crippen LogP contribution in [0.1, 0.15) is 104 Å². The van der Waals surface area contributed by atoms with Gasteiger partial charge in [-0.25, -0.2) is 0 Å². The SMILES string of the molecule is CC(=O)O[C@@H]1CC2=CC(=O)CC[C@]2(C)[C@H]2CC[C@]3(C)C([C@H](C)CC(=O)NC(c4ccc(Br)s4)C(C)C)CC[C@H]3[C@H]12. The summed E-state index contributed by atoms with van der Waals surface area (Å²) in [6, 6.07) is 4.19. The molecule has 4 aliphatic carbocycles. The Kier molecular flexibility index (Phi) is 8.49. The van der Waals surface area contributed by atoms with E-state index in [1.165, 1.54) is 17.4 Å². The van der Waals surface area contributed by atoms with E-state index < -0.39 is 0 Å². The number of amides is 1. The molecule has 1 aromatic rings. The molecule has 0 aromatic carbocycles. The van der Waals surface area contributed by atoms with E-state index in [1.54, 1.807) is 11.3 Å². The number of thiophene rings is 1. The largest absolute Gasteiger partial charge is 0.462 e. The summed E-state index contributed by atoms with van der Waals surface area (Å²) < 4.78 is 7.14. The van der Waals surface area contributed by atoms with Crippen molar-refractivity contribution in [2.75, 3.05) is 0 Å². The maximum atomic E-state index is 13.4. The Morgan fingerprint density at radius 2 is 1.88 bits per heavy atom. The van der Waals surface area contributed by atoms with Crippen molar-refractivity contribution in [1.82, 2.24) is 5.32 Å². The molecule has 9 atom stereocenters. The molecular weight excluding hydrogens is 586 g/mol. The highest BCUT2D eigenvalue weighted by Gasteiger charge is 2.62. The molecule has 0 bridgehead atoms. The fraction of sp³-hybridized carbons (Fsp3) is 0.727. The van der Waals surface area contributed by atoms with Crippen LogP contribution in [0.15, 0.2) is 27.6 Å². The molecule has 1 heterocycles.